The Labute approximate surface area is 234 Å². The lowest BCUT2D eigenvalue weighted by atomic mass is 9.90. The number of likely N-dealkylation sites (tertiary alicyclic amines) is 1. The molecule has 218 valence electrons. The van der Waals surface area contributed by atoms with Gasteiger partial charge in [0.2, 0.25) is 24.1 Å². The van der Waals surface area contributed by atoms with E-state index in [4.69, 9.17) is 4.74 Å². The summed E-state index contributed by atoms with van der Waals surface area (Å²) >= 11 is 0. The Hall–Kier alpha value is -2.94. The molecule has 0 radical (unpaired) electrons. The molecular formula is C30H48N4O5. The third kappa shape index (κ3) is 9.64. The maximum atomic E-state index is 13.5. The van der Waals surface area contributed by atoms with Crippen molar-refractivity contribution in [3.05, 3.63) is 35.9 Å². The number of hydrogen-bond donors (Lipinski definition) is 2. The van der Waals surface area contributed by atoms with E-state index in [9.17, 15) is 19.2 Å². The normalized spacial score (nSPS) is 18.9. The number of hydrogen-bond acceptors (Lipinski definition) is 5. The van der Waals surface area contributed by atoms with Gasteiger partial charge in [0.15, 0.2) is 0 Å². The Morgan fingerprint density at radius 1 is 1.18 bits per heavy atom. The van der Waals surface area contributed by atoms with Crippen LogP contribution in [0, 0.1) is 11.8 Å². The van der Waals surface area contributed by atoms with E-state index in [1.165, 1.54) is 5.56 Å². The van der Waals surface area contributed by atoms with Crippen molar-refractivity contribution in [2.45, 2.75) is 90.4 Å². The molecule has 2 rings (SSSR count). The van der Waals surface area contributed by atoms with Crippen molar-refractivity contribution in [1.29, 1.82) is 0 Å². The molecule has 4 unspecified atom stereocenters. The van der Waals surface area contributed by atoms with E-state index in [2.05, 4.69) is 22.8 Å². The number of carbonyl (C=O) groups is 4. The van der Waals surface area contributed by atoms with Crippen molar-refractivity contribution in [2.75, 3.05) is 27.2 Å². The van der Waals surface area contributed by atoms with Crippen LogP contribution in [0.3, 0.4) is 0 Å². The summed E-state index contributed by atoms with van der Waals surface area (Å²) in [5.41, 5.74) is 1.18. The maximum Gasteiger partial charge on any atom is 0.242 e. The minimum atomic E-state index is -0.488. The fraction of sp³-hybridized carbons (Fsp3) is 0.667. The van der Waals surface area contributed by atoms with Crippen molar-refractivity contribution >= 4 is 24.1 Å². The topological polar surface area (TPSA) is 108 Å². The molecule has 1 saturated heterocycles. The van der Waals surface area contributed by atoms with E-state index in [0.29, 0.717) is 19.4 Å². The van der Waals surface area contributed by atoms with Gasteiger partial charge in [-0.2, -0.15) is 0 Å². The molecule has 2 N–H and O–H groups in total. The number of likely N-dealkylation sites (N-methyl/N-ethyl adjacent to an activating group) is 1. The fourth-order valence-electron chi connectivity index (χ4n) is 5.62. The molecule has 4 amide bonds. The zero-order valence-corrected chi connectivity index (χ0v) is 24.5. The predicted octanol–water partition coefficient (Wildman–Crippen LogP) is 2.78. The molecule has 1 aliphatic rings. The van der Waals surface area contributed by atoms with E-state index < -0.39 is 6.10 Å². The summed E-state index contributed by atoms with van der Waals surface area (Å²) in [7, 11) is 3.26. The van der Waals surface area contributed by atoms with E-state index in [1.807, 2.05) is 50.8 Å². The summed E-state index contributed by atoms with van der Waals surface area (Å²) in [6.07, 6.45) is 4.11. The highest BCUT2D eigenvalue weighted by molar-refractivity contribution is 5.81. The SMILES string of the molecule is CCC(C)C(C(CC(=O)N1CCC[C@H]1CC(C)C(=O)N[C@H](C)Cc1ccccc1)OC)N(C)C(=O)CNC=O. The molecule has 39 heavy (non-hydrogen) atoms. The zero-order valence-electron chi connectivity index (χ0n) is 24.5. The molecule has 1 aromatic rings. The Morgan fingerprint density at radius 3 is 2.49 bits per heavy atom. The summed E-state index contributed by atoms with van der Waals surface area (Å²) in [6.45, 7) is 8.57. The molecule has 1 aliphatic heterocycles. The molecule has 9 heteroatoms. The second-order valence-electron chi connectivity index (χ2n) is 11.0. The smallest absolute Gasteiger partial charge is 0.242 e. The molecule has 0 saturated carbocycles. The van der Waals surface area contributed by atoms with Gasteiger partial charge in [0.05, 0.1) is 25.1 Å². The minimum Gasteiger partial charge on any atom is -0.379 e. The molecule has 9 nitrogen and oxygen atoms in total. The first kappa shape index (κ1) is 32.3. The van der Waals surface area contributed by atoms with Crippen LogP contribution in [-0.2, 0) is 30.3 Å². The number of ether oxygens (including phenoxy) is 1. The van der Waals surface area contributed by atoms with Gasteiger partial charge in [-0.05, 0) is 44.1 Å². The van der Waals surface area contributed by atoms with Crippen LogP contribution in [0.4, 0.5) is 0 Å². The first-order chi connectivity index (χ1) is 18.6. The second-order valence-corrected chi connectivity index (χ2v) is 11.0. The van der Waals surface area contributed by atoms with Crippen molar-refractivity contribution in [3.8, 4) is 0 Å². The Kier molecular flexibility index (Phi) is 13.4. The van der Waals surface area contributed by atoms with Gasteiger partial charge in [0, 0.05) is 38.7 Å². The Bertz CT molecular complexity index is 927. The molecule has 0 aliphatic carbocycles. The Balaban J connectivity index is 2.00. The van der Waals surface area contributed by atoms with E-state index in [1.54, 1.807) is 19.1 Å². The van der Waals surface area contributed by atoms with Crippen LogP contribution < -0.4 is 10.6 Å². The van der Waals surface area contributed by atoms with Crippen LogP contribution in [0.1, 0.15) is 65.4 Å². The van der Waals surface area contributed by atoms with Crippen LogP contribution in [0.5, 0.6) is 0 Å². The van der Waals surface area contributed by atoms with Crippen molar-refractivity contribution in [2.24, 2.45) is 11.8 Å². The summed E-state index contributed by atoms with van der Waals surface area (Å²) in [6, 6.07) is 9.79. The lowest BCUT2D eigenvalue weighted by Crippen LogP contribution is -2.52. The third-order valence-electron chi connectivity index (χ3n) is 8.01. The third-order valence-corrected chi connectivity index (χ3v) is 8.01. The molecule has 1 heterocycles. The predicted molar refractivity (Wildman–Crippen MR) is 152 cm³/mol. The number of methoxy groups -OCH3 is 1. The largest absolute Gasteiger partial charge is 0.379 e. The molecule has 1 fully saturated rings. The molecule has 0 aromatic heterocycles. The molecule has 0 bridgehead atoms. The number of benzene rings is 1. The zero-order chi connectivity index (χ0) is 28.9. The van der Waals surface area contributed by atoms with Crippen LogP contribution in [0.15, 0.2) is 30.3 Å². The summed E-state index contributed by atoms with van der Waals surface area (Å²) < 4.78 is 5.79. The maximum absolute atomic E-state index is 13.5. The van der Waals surface area contributed by atoms with Gasteiger partial charge in [0.25, 0.3) is 0 Å². The number of rotatable bonds is 16. The summed E-state index contributed by atoms with van der Waals surface area (Å²) in [4.78, 5) is 53.3. The fourth-order valence-corrected chi connectivity index (χ4v) is 5.62. The van der Waals surface area contributed by atoms with Crippen molar-refractivity contribution in [3.63, 3.8) is 0 Å². The molecule has 6 atom stereocenters. The summed E-state index contributed by atoms with van der Waals surface area (Å²) in [5, 5.41) is 5.55. The lowest BCUT2D eigenvalue weighted by Gasteiger charge is -2.38. The molecule has 0 spiro atoms. The van der Waals surface area contributed by atoms with E-state index in [-0.39, 0.29) is 60.6 Å². The van der Waals surface area contributed by atoms with Crippen molar-refractivity contribution < 1.29 is 23.9 Å². The van der Waals surface area contributed by atoms with E-state index >= 15 is 0 Å². The van der Waals surface area contributed by atoms with Gasteiger partial charge in [0.1, 0.15) is 0 Å². The van der Waals surface area contributed by atoms with Crippen LogP contribution in [0.25, 0.3) is 0 Å². The average Bonchev–Trinajstić information content (AvgIpc) is 3.39. The van der Waals surface area contributed by atoms with Gasteiger partial charge in [-0.15, -0.1) is 0 Å². The lowest BCUT2D eigenvalue weighted by molar-refractivity contribution is -0.142. The van der Waals surface area contributed by atoms with Gasteiger partial charge >= 0.3 is 0 Å². The number of nitrogens with zero attached hydrogens (tertiary/aromatic N) is 2. The van der Waals surface area contributed by atoms with Gasteiger partial charge in [-0.25, -0.2) is 0 Å². The first-order valence-electron chi connectivity index (χ1n) is 14.2. The monoisotopic (exact) mass is 544 g/mol. The highest BCUT2D eigenvalue weighted by atomic mass is 16.5. The highest BCUT2D eigenvalue weighted by Crippen LogP contribution is 2.27. The van der Waals surface area contributed by atoms with Crippen LogP contribution in [0.2, 0.25) is 0 Å². The quantitative estimate of drug-likeness (QED) is 0.311. The molecule has 1 aromatic carbocycles. The number of carbonyl (C=O) groups excluding carboxylic acids is 4. The highest BCUT2D eigenvalue weighted by Gasteiger charge is 2.37. The number of amides is 4. The number of nitrogens with one attached hydrogen (secondary N) is 2. The van der Waals surface area contributed by atoms with Gasteiger partial charge in [-0.1, -0.05) is 57.5 Å². The van der Waals surface area contributed by atoms with Gasteiger partial charge in [-0.3, -0.25) is 19.2 Å². The first-order valence-corrected chi connectivity index (χ1v) is 14.2. The van der Waals surface area contributed by atoms with Crippen LogP contribution in [-0.4, -0.2) is 85.4 Å². The van der Waals surface area contributed by atoms with Gasteiger partial charge < -0.3 is 25.2 Å². The van der Waals surface area contributed by atoms with Crippen molar-refractivity contribution in [1.82, 2.24) is 20.4 Å². The van der Waals surface area contributed by atoms with E-state index in [0.717, 1.165) is 25.7 Å². The average molecular weight is 545 g/mol. The second kappa shape index (κ2) is 16.2. The summed E-state index contributed by atoms with van der Waals surface area (Å²) in [5.74, 6) is -0.379. The molecular weight excluding hydrogens is 496 g/mol. The van der Waals surface area contributed by atoms with Crippen LogP contribution >= 0.6 is 0 Å². The minimum absolute atomic E-state index is 0.00149. The Morgan fingerprint density at radius 2 is 1.87 bits per heavy atom. The standard InChI is InChI=1S/C30H48N4O5/c1-7-21(2)29(33(5)28(37)19-31-20-35)26(39-6)18-27(36)34-15-11-14-25(34)16-22(3)30(38)32-23(4)17-24-12-9-8-10-13-24/h8-10,12-13,20-23,25-26,29H,7,11,14-19H2,1-6H3,(H,31,35)(H,32,38)/t21?,22?,23-,25+,26?,29?/m1/s1.